The van der Waals surface area contributed by atoms with Crippen molar-refractivity contribution in [3.63, 3.8) is 0 Å². The van der Waals surface area contributed by atoms with Crippen LogP contribution in [0.15, 0.2) is 48.5 Å². The lowest BCUT2D eigenvalue weighted by Gasteiger charge is -2.36. The maximum atomic E-state index is 12.3. The Balaban J connectivity index is 1.49. The van der Waals surface area contributed by atoms with Gasteiger partial charge in [0, 0.05) is 26.2 Å². The van der Waals surface area contributed by atoms with Gasteiger partial charge < -0.3 is 19.3 Å². The molecule has 3 rings (SSSR count). The van der Waals surface area contributed by atoms with E-state index < -0.39 is 0 Å². The smallest absolute Gasteiger partial charge is 0.260 e. The predicted octanol–water partition coefficient (Wildman–Crippen LogP) is 3.08. The number of halogens is 1. The zero-order valence-electron chi connectivity index (χ0n) is 14.2. The Kier molecular flexibility index (Phi) is 5.66. The highest BCUT2D eigenvalue weighted by molar-refractivity contribution is 6.33. The molecule has 2 aromatic rings. The first-order chi connectivity index (χ1) is 12.2. The molecule has 132 valence electrons. The quantitative estimate of drug-likeness (QED) is 0.821. The van der Waals surface area contributed by atoms with Crippen molar-refractivity contribution < 1.29 is 14.3 Å². The summed E-state index contributed by atoms with van der Waals surface area (Å²) in [6.07, 6.45) is 0. The maximum absolute atomic E-state index is 12.3. The fraction of sp³-hybridized carbons (Fsp3) is 0.316. The van der Waals surface area contributed by atoms with E-state index in [0.29, 0.717) is 18.8 Å². The first-order valence-corrected chi connectivity index (χ1v) is 8.59. The normalized spacial score (nSPS) is 14.3. The third kappa shape index (κ3) is 4.37. The van der Waals surface area contributed by atoms with Gasteiger partial charge in [-0.15, -0.1) is 0 Å². The molecule has 1 saturated heterocycles. The number of methoxy groups -OCH3 is 1. The number of anilines is 1. The molecule has 1 aliphatic heterocycles. The summed E-state index contributed by atoms with van der Waals surface area (Å²) >= 11 is 6.24. The lowest BCUT2D eigenvalue weighted by molar-refractivity contribution is -0.133. The molecular formula is C19H21ClN2O3. The second kappa shape index (κ2) is 8.12. The minimum absolute atomic E-state index is 0.00498. The van der Waals surface area contributed by atoms with E-state index in [9.17, 15) is 4.79 Å². The number of carbonyl (C=O) groups excluding carboxylic acids is 1. The molecule has 0 aromatic heterocycles. The summed E-state index contributed by atoms with van der Waals surface area (Å²) in [5.74, 6) is 1.41. The molecule has 0 atom stereocenters. The number of hydrogen-bond acceptors (Lipinski definition) is 4. The number of hydrogen-bond donors (Lipinski definition) is 0. The van der Waals surface area contributed by atoms with Crippen molar-refractivity contribution in [1.82, 2.24) is 4.90 Å². The number of benzene rings is 2. The van der Waals surface area contributed by atoms with Crippen LogP contribution in [0.1, 0.15) is 0 Å². The van der Waals surface area contributed by atoms with Gasteiger partial charge in [0.1, 0.15) is 11.5 Å². The molecule has 1 amide bonds. The number of para-hydroxylation sites is 1. The summed E-state index contributed by atoms with van der Waals surface area (Å²) in [5.41, 5.74) is 1.02. The molecular weight excluding hydrogens is 340 g/mol. The number of piperazine rings is 1. The Hall–Kier alpha value is -2.40. The highest BCUT2D eigenvalue weighted by Crippen LogP contribution is 2.26. The molecule has 5 nitrogen and oxygen atoms in total. The summed E-state index contributed by atoms with van der Waals surface area (Å²) < 4.78 is 10.7. The summed E-state index contributed by atoms with van der Waals surface area (Å²) in [4.78, 5) is 16.4. The van der Waals surface area contributed by atoms with Crippen molar-refractivity contribution in [3.05, 3.63) is 53.6 Å². The molecule has 0 N–H and O–H groups in total. The average Bonchev–Trinajstić information content (AvgIpc) is 2.67. The van der Waals surface area contributed by atoms with E-state index in [1.165, 1.54) is 0 Å². The van der Waals surface area contributed by atoms with E-state index >= 15 is 0 Å². The van der Waals surface area contributed by atoms with Crippen LogP contribution in [0.25, 0.3) is 0 Å². The van der Waals surface area contributed by atoms with Crippen molar-refractivity contribution in [2.24, 2.45) is 0 Å². The molecule has 1 aliphatic rings. The predicted molar refractivity (Wildman–Crippen MR) is 98.7 cm³/mol. The highest BCUT2D eigenvalue weighted by atomic mass is 35.5. The second-order valence-electron chi connectivity index (χ2n) is 5.78. The van der Waals surface area contributed by atoms with Crippen LogP contribution in [-0.4, -0.2) is 50.7 Å². The Morgan fingerprint density at radius 2 is 1.64 bits per heavy atom. The fourth-order valence-electron chi connectivity index (χ4n) is 2.81. The number of ether oxygens (including phenoxy) is 2. The molecule has 6 heteroatoms. The summed E-state index contributed by atoms with van der Waals surface area (Å²) in [6, 6.07) is 15.0. The van der Waals surface area contributed by atoms with Crippen LogP contribution in [0.3, 0.4) is 0 Å². The second-order valence-corrected chi connectivity index (χ2v) is 6.19. The van der Waals surface area contributed by atoms with Crippen LogP contribution >= 0.6 is 11.6 Å². The Labute approximate surface area is 152 Å². The van der Waals surface area contributed by atoms with Gasteiger partial charge in [0.25, 0.3) is 5.91 Å². The topological polar surface area (TPSA) is 42.0 Å². The van der Waals surface area contributed by atoms with E-state index in [0.717, 1.165) is 29.5 Å². The zero-order chi connectivity index (χ0) is 17.6. The molecule has 0 aliphatic carbocycles. The highest BCUT2D eigenvalue weighted by Gasteiger charge is 2.22. The third-order valence-electron chi connectivity index (χ3n) is 4.25. The summed E-state index contributed by atoms with van der Waals surface area (Å²) in [5, 5.41) is 0.741. The monoisotopic (exact) mass is 360 g/mol. The van der Waals surface area contributed by atoms with Gasteiger partial charge >= 0.3 is 0 Å². The molecule has 0 saturated carbocycles. The van der Waals surface area contributed by atoms with E-state index in [1.807, 2.05) is 41.3 Å². The molecule has 2 aromatic carbocycles. The third-order valence-corrected chi connectivity index (χ3v) is 4.57. The molecule has 1 heterocycles. The van der Waals surface area contributed by atoms with Crippen molar-refractivity contribution in [1.29, 1.82) is 0 Å². The summed E-state index contributed by atoms with van der Waals surface area (Å²) in [6.45, 7) is 2.89. The Morgan fingerprint density at radius 1 is 1.00 bits per heavy atom. The lowest BCUT2D eigenvalue weighted by atomic mass is 10.2. The van der Waals surface area contributed by atoms with Crippen LogP contribution in [-0.2, 0) is 4.79 Å². The molecule has 0 unspecified atom stereocenters. The van der Waals surface area contributed by atoms with Gasteiger partial charge in [0.05, 0.1) is 17.8 Å². The lowest BCUT2D eigenvalue weighted by Crippen LogP contribution is -2.50. The van der Waals surface area contributed by atoms with Crippen LogP contribution < -0.4 is 14.4 Å². The van der Waals surface area contributed by atoms with Gasteiger partial charge in [-0.25, -0.2) is 0 Å². The van der Waals surface area contributed by atoms with Gasteiger partial charge in [-0.1, -0.05) is 23.7 Å². The first-order valence-electron chi connectivity index (χ1n) is 8.21. The standard InChI is InChI=1S/C19H21ClN2O3/c1-24-15-6-8-16(9-7-15)25-14-19(23)22-12-10-21(11-13-22)18-5-3-2-4-17(18)20/h2-9H,10-14H2,1H3. The van der Waals surface area contributed by atoms with Crippen LogP contribution in [0.4, 0.5) is 5.69 Å². The van der Waals surface area contributed by atoms with E-state index in [1.54, 1.807) is 19.2 Å². The number of carbonyl (C=O) groups is 1. The molecule has 0 spiro atoms. The first kappa shape index (κ1) is 17.4. The maximum Gasteiger partial charge on any atom is 0.260 e. The molecule has 25 heavy (non-hydrogen) atoms. The fourth-order valence-corrected chi connectivity index (χ4v) is 3.07. The number of rotatable bonds is 5. The van der Waals surface area contributed by atoms with E-state index in [-0.39, 0.29) is 12.5 Å². The van der Waals surface area contributed by atoms with Crippen molar-refractivity contribution >= 4 is 23.2 Å². The van der Waals surface area contributed by atoms with Crippen molar-refractivity contribution in [3.8, 4) is 11.5 Å². The van der Waals surface area contributed by atoms with Crippen LogP contribution in [0.5, 0.6) is 11.5 Å². The van der Waals surface area contributed by atoms with Gasteiger partial charge in [-0.05, 0) is 36.4 Å². The number of nitrogens with zero attached hydrogens (tertiary/aromatic N) is 2. The molecule has 0 radical (unpaired) electrons. The minimum Gasteiger partial charge on any atom is -0.497 e. The Morgan fingerprint density at radius 3 is 2.28 bits per heavy atom. The Bertz CT molecular complexity index is 713. The summed E-state index contributed by atoms with van der Waals surface area (Å²) in [7, 11) is 1.61. The van der Waals surface area contributed by atoms with Gasteiger partial charge in [-0.2, -0.15) is 0 Å². The van der Waals surface area contributed by atoms with E-state index in [4.69, 9.17) is 21.1 Å². The van der Waals surface area contributed by atoms with Crippen LogP contribution in [0, 0.1) is 0 Å². The van der Waals surface area contributed by atoms with Crippen molar-refractivity contribution in [2.75, 3.05) is 44.8 Å². The van der Waals surface area contributed by atoms with Gasteiger partial charge in [-0.3, -0.25) is 4.79 Å². The molecule has 0 bridgehead atoms. The SMILES string of the molecule is COc1ccc(OCC(=O)N2CCN(c3ccccc3Cl)CC2)cc1. The zero-order valence-corrected chi connectivity index (χ0v) is 14.9. The number of amides is 1. The van der Waals surface area contributed by atoms with Gasteiger partial charge in [0.2, 0.25) is 0 Å². The largest absolute Gasteiger partial charge is 0.497 e. The van der Waals surface area contributed by atoms with E-state index in [2.05, 4.69) is 4.90 Å². The minimum atomic E-state index is -0.00498. The van der Waals surface area contributed by atoms with Gasteiger partial charge in [0.15, 0.2) is 6.61 Å². The molecule has 1 fully saturated rings. The van der Waals surface area contributed by atoms with Crippen molar-refractivity contribution in [2.45, 2.75) is 0 Å². The van der Waals surface area contributed by atoms with Crippen LogP contribution in [0.2, 0.25) is 5.02 Å². The average molecular weight is 361 g/mol.